The third kappa shape index (κ3) is 2.92. The number of rotatable bonds is 4. The molecule has 1 aliphatic rings. The van der Waals surface area contributed by atoms with E-state index in [-0.39, 0.29) is 6.42 Å². The van der Waals surface area contributed by atoms with Gasteiger partial charge in [-0.3, -0.25) is 9.48 Å². The summed E-state index contributed by atoms with van der Waals surface area (Å²) in [6.45, 7) is 4.84. The van der Waals surface area contributed by atoms with Crippen LogP contribution in [0.2, 0.25) is 0 Å². The fraction of sp³-hybridized carbons (Fsp3) is 0.714. The SMILES string of the molecule is Cc1nn(CC2CCCCC2)c(C)c1CC(=O)O. The van der Waals surface area contributed by atoms with Crippen molar-refractivity contribution in [2.24, 2.45) is 5.92 Å². The van der Waals surface area contributed by atoms with Gasteiger partial charge in [0, 0.05) is 17.8 Å². The van der Waals surface area contributed by atoms with Crippen molar-refractivity contribution in [3.63, 3.8) is 0 Å². The van der Waals surface area contributed by atoms with E-state index < -0.39 is 5.97 Å². The van der Waals surface area contributed by atoms with Gasteiger partial charge in [-0.15, -0.1) is 0 Å². The topological polar surface area (TPSA) is 55.1 Å². The largest absolute Gasteiger partial charge is 0.481 e. The Kier molecular flexibility index (Phi) is 4.04. The van der Waals surface area contributed by atoms with E-state index in [9.17, 15) is 4.79 Å². The monoisotopic (exact) mass is 250 g/mol. The molecule has 1 saturated carbocycles. The number of carbonyl (C=O) groups is 1. The molecule has 4 heteroatoms. The number of hydrogen-bond acceptors (Lipinski definition) is 2. The molecule has 0 aliphatic heterocycles. The number of carboxylic acid groups (broad SMARTS) is 1. The first-order valence-corrected chi connectivity index (χ1v) is 6.82. The molecule has 0 unspecified atom stereocenters. The molecule has 1 aliphatic carbocycles. The Bertz CT molecular complexity index is 431. The van der Waals surface area contributed by atoms with Crippen LogP contribution in [-0.2, 0) is 17.8 Å². The highest BCUT2D eigenvalue weighted by atomic mass is 16.4. The molecular formula is C14H22N2O2. The maximum atomic E-state index is 10.8. The molecular weight excluding hydrogens is 228 g/mol. The second-order valence-corrected chi connectivity index (χ2v) is 5.41. The average molecular weight is 250 g/mol. The summed E-state index contributed by atoms with van der Waals surface area (Å²) in [5.74, 6) is -0.0622. The molecule has 0 amide bonds. The van der Waals surface area contributed by atoms with E-state index in [0.717, 1.165) is 29.4 Å². The molecule has 4 nitrogen and oxygen atoms in total. The molecule has 0 aromatic carbocycles. The summed E-state index contributed by atoms with van der Waals surface area (Å²) in [5, 5.41) is 13.4. The molecule has 100 valence electrons. The number of aryl methyl sites for hydroxylation is 1. The standard InChI is InChI=1S/C14H22N2O2/c1-10-13(8-14(17)18)11(2)16(15-10)9-12-6-4-3-5-7-12/h12H,3-9H2,1-2H3,(H,17,18). The molecule has 0 bridgehead atoms. The van der Waals surface area contributed by atoms with Crippen molar-refractivity contribution in [3.05, 3.63) is 17.0 Å². The van der Waals surface area contributed by atoms with E-state index in [1.165, 1.54) is 32.1 Å². The molecule has 0 radical (unpaired) electrons. The number of aromatic nitrogens is 2. The highest BCUT2D eigenvalue weighted by molar-refractivity contribution is 5.70. The zero-order valence-electron chi connectivity index (χ0n) is 11.3. The first-order valence-electron chi connectivity index (χ1n) is 6.82. The number of carboxylic acids is 1. The van der Waals surface area contributed by atoms with Gasteiger partial charge in [0.25, 0.3) is 0 Å². The quantitative estimate of drug-likeness (QED) is 0.894. The van der Waals surface area contributed by atoms with Crippen molar-refractivity contribution < 1.29 is 9.90 Å². The Morgan fingerprint density at radius 2 is 2.00 bits per heavy atom. The van der Waals surface area contributed by atoms with Gasteiger partial charge in [0.15, 0.2) is 0 Å². The average Bonchev–Trinajstić information content (AvgIpc) is 2.58. The van der Waals surface area contributed by atoms with E-state index in [1.807, 2.05) is 18.5 Å². The normalized spacial score (nSPS) is 17.0. The summed E-state index contributed by atoms with van der Waals surface area (Å²) in [6, 6.07) is 0. The van der Waals surface area contributed by atoms with Crippen LogP contribution in [0.3, 0.4) is 0 Å². The van der Waals surface area contributed by atoms with E-state index >= 15 is 0 Å². The molecule has 1 fully saturated rings. The van der Waals surface area contributed by atoms with Crippen LogP contribution in [0.5, 0.6) is 0 Å². The Hall–Kier alpha value is -1.32. The van der Waals surface area contributed by atoms with Gasteiger partial charge in [-0.1, -0.05) is 19.3 Å². The number of hydrogen-bond donors (Lipinski definition) is 1. The zero-order valence-corrected chi connectivity index (χ0v) is 11.3. The van der Waals surface area contributed by atoms with Crippen LogP contribution in [0, 0.1) is 19.8 Å². The lowest BCUT2D eigenvalue weighted by atomic mass is 9.89. The Balaban J connectivity index is 2.10. The number of nitrogens with zero attached hydrogens (tertiary/aromatic N) is 2. The lowest BCUT2D eigenvalue weighted by Gasteiger charge is -2.22. The van der Waals surface area contributed by atoms with Crippen LogP contribution in [0.1, 0.15) is 49.1 Å². The van der Waals surface area contributed by atoms with Gasteiger partial charge in [-0.05, 0) is 32.6 Å². The van der Waals surface area contributed by atoms with Gasteiger partial charge in [-0.25, -0.2) is 0 Å². The van der Waals surface area contributed by atoms with E-state index in [4.69, 9.17) is 5.11 Å². The molecule has 1 heterocycles. The molecule has 1 N–H and O–H groups in total. The fourth-order valence-corrected chi connectivity index (χ4v) is 2.93. The summed E-state index contributed by atoms with van der Waals surface area (Å²) in [5.41, 5.74) is 2.78. The molecule has 18 heavy (non-hydrogen) atoms. The van der Waals surface area contributed by atoms with Crippen LogP contribution in [0.25, 0.3) is 0 Å². The van der Waals surface area contributed by atoms with Gasteiger partial charge >= 0.3 is 5.97 Å². The van der Waals surface area contributed by atoms with Crippen molar-refractivity contribution in [1.82, 2.24) is 9.78 Å². The maximum Gasteiger partial charge on any atom is 0.307 e. The third-order valence-corrected chi connectivity index (χ3v) is 4.02. The van der Waals surface area contributed by atoms with Crippen molar-refractivity contribution >= 4 is 5.97 Å². The Labute approximate surface area is 108 Å². The fourth-order valence-electron chi connectivity index (χ4n) is 2.93. The molecule has 1 aromatic heterocycles. The summed E-state index contributed by atoms with van der Waals surface area (Å²) in [7, 11) is 0. The van der Waals surface area contributed by atoms with E-state index in [0.29, 0.717) is 0 Å². The summed E-state index contributed by atoms with van der Waals surface area (Å²) in [6.07, 6.45) is 6.66. The number of aliphatic carboxylic acids is 1. The first kappa shape index (κ1) is 13.1. The van der Waals surface area contributed by atoms with Crippen molar-refractivity contribution in [2.75, 3.05) is 0 Å². The van der Waals surface area contributed by atoms with E-state index in [2.05, 4.69) is 5.10 Å². The minimum absolute atomic E-state index is 0.0856. The van der Waals surface area contributed by atoms with Crippen LogP contribution in [-0.4, -0.2) is 20.9 Å². The summed E-state index contributed by atoms with van der Waals surface area (Å²) >= 11 is 0. The lowest BCUT2D eigenvalue weighted by Crippen LogP contribution is -2.16. The van der Waals surface area contributed by atoms with Gasteiger partial charge in [0.1, 0.15) is 0 Å². The van der Waals surface area contributed by atoms with Crippen LogP contribution in [0.15, 0.2) is 0 Å². The molecule has 1 aromatic rings. The van der Waals surface area contributed by atoms with Crippen LogP contribution in [0.4, 0.5) is 0 Å². The second-order valence-electron chi connectivity index (χ2n) is 5.41. The van der Waals surface area contributed by atoms with E-state index in [1.54, 1.807) is 0 Å². The van der Waals surface area contributed by atoms with Crippen molar-refractivity contribution in [2.45, 2.75) is 58.9 Å². The minimum Gasteiger partial charge on any atom is -0.481 e. The van der Waals surface area contributed by atoms with Crippen LogP contribution >= 0.6 is 0 Å². The Morgan fingerprint density at radius 3 is 2.61 bits per heavy atom. The predicted octanol–water partition coefficient (Wildman–Crippen LogP) is 2.71. The van der Waals surface area contributed by atoms with Crippen molar-refractivity contribution in [3.8, 4) is 0 Å². The highest BCUT2D eigenvalue weighted by Crippen LogP contribution is 2.26. The minimum atomic E-state index is -0.779. The first-order chi connectivity index (χ1) is 8.58. The lowest BCUT2D eigenvalue weighted by molar-refractivity contribution is -0.136. The smallest absolute Gasteiger partial charge is 0.307 e. The van der Waals surface area contributed by atoms with Gasteiger partial charge < -0.3 is 5.11 Å². The summed E-state index contributed by atoms with van der Waals surface area (Å²) in [4.78, 5) is 10.8. The predicted molar refractivity (Wildman–Crippen MR) is 69.6 cm³/mol. The second kappa shape index (κ2) is 5.55. The molecule has 0 saturated heterocycles. The summed E-state index contributed by atoms with van der Waals surface area (Å²) < 4.78 is 2.02. The maximum absolute atomic E-state index is 10.8. The van der Waals surface area contributed by atoms with Gasteiger partial charge in [0.05, 0.1) is 12.1 Å². The Morgan fingerprint density at radius 1 is 1.33 bits per heavy atom. The van der Waals surface area contributed by atoms with Crippen LogP contribution < -0.4 is 0 Å². The van der Waals surface area contributed by atoms with Gasteiger partial charge in [0.2, 0.25) is 0 Å². The molecule has 2 rings (SSSR count). The highest BCUT2D eigenvalue weighted by Gasteiger charge is 2.18. The zero-order chi connectivity index (χ0) is 13.1. The van der Waals surface area contributed by atoms with Crippen molar-refractivity contribution in [1.29, 1.82) is 0 Å². The molecule has 0 spiro atoms. The third-order valence-electron chi connectivity index (χ3n) is 4.02. The van der Waals surface area contributed by atoms with Gasteiger partial charge in [-0.2, -0.15) is 5.10 Å². The molecule has 0 atom stereocenters.